The smallest absolute Gasteiger partial charge is 0.269 e. The minimum atomic E-state index is -0.457. The molecular weight excluding hydrogens is 356 g/mol. The van der Waals surface area contributed by atoms with Gasteiger partial charge in [-0.2, -0.15) is 0 Å². The van der Waals surface area contributed by atoms with Gasteiger partial charge in [0.1, 0.15) is 5.82 Å². The van der Waals surface area contributed by atoms with E-state index < -0.39 is 4.92 Å². The van der Waals surface area contributed by atoms with Crippen LogP contribution in [0.4, 0.5) is 5.69 Å². The Labute approximate surface area is 162 Å². The summed E-state index contributed by atoms with van der Waals surface area (Å²) in [4.78, 5) is 29.5. The summed E-state index contributed by atoms with van der Waals surface area (Å²) in [7, 11) is 0. The number of carbonyl (C=O) groups excluding carboxylic acids is 1. The zero-order valence-electron chi connectivity index (χ0n) is 15.7. The number of carbonyl (C=O) groups is 1. The van der Waals surface area contributed by atoms with E-state index in [4.69, 9.17) is 0 Å². The molecule has 1 fully saturated rings. The molecule has 1 saturated heterocycles. The van der Waals surface area contributed by atoms with Crippen LogP contribution in [0.2, 0.25) is 0 Å². The largest absolute Gasteiger partial charge is 0.339 e. The number of nitro groups is 1. The Morgan fingerprint density at radius 3 is 2.50 bits per heavy atom. The van der Waals surface area contributed by atoms with Crippen molar-refractivity contribution in [1.82, 2.24) is 14.5 Å². The molecule has 28 heavy (non-hydrogen) atoms. The monoisotopic (exact) mass is 378 g/mol. The molecule has 3 aromatic rings. The van der Waals surface area contributed by atoms with Gasteiger partial charge >= 0.3 is 0 Å². The predicted molar refractivity (Wildman–Crippen MR) is 106 cm³/mol. The van der Waals surface area contributed by atoms with Crippen molar-refractivity contribution in [2.75, 3.05) is 13.1 Å². The number of nitro benzene ring substituents is 1. The Morgan fingerprint density at radius 1 is 1.14 bits per heavy atom. The van der Waals surface area contributed by atoms with E-state index in [-0.39, 0.29) is 11.6 Å². The van der Waals surface area contributed by atoms with E-state index in [2.05, 4.69) is 15.6 Å². The molecule has 0 saturated carbocycles. The molecule has 1 amide bonds. The molecule has 1 aliphatic rings. The maximum atomic E-state index is 12.7. The van der Waals surface area contributed by atoms with Crippen molar-refractivity contribution in [3.63, 3.8) is 0 Å². The van der Waals surface area contributed by atoms with Crippen LogP contribution in [0.3, 0.4) is 0 Å². The Kier molecular flexibility index (Phi) is 4.81. The third-order valence-electron chi connectivity index (χ3n) is 5.51. The van der Waals surface area contributed by atoms with Crippen LogP contribution in [0.15, 0.2) is 48.5 Å². The number of benzene rings is 2. The minimum absolute atomic E-state index is 0.00168. The number of likely N-dealkylation sites (tertiary alicyclic amines) is 1. The summed E-state index contributed by atoms with van der Waals surface area (Å²) < 4.78 is 2.27. The summed E-state index contributed by atoms with van der Waals surface area (Å²) in [6, 6.07) is 14.0. The van der Waals surface area contributed by atoms with Gasteiger partial charge in [-0.1, -0.05) is 12.1 Å². The Hall–Kier alpha value is -3.22. The molecular formula is C21H22N4O3. The topological polar surface area (TPSA) is 81.3 Å². The fraction of sp³-hybridized carbons (Fsp3) is 0.333. The first-order chi connectivity index (χ1) is 13.5. The van der Waals surface area contributed by atoms with Crippen LogP contribution in [0.5, 0.6) is 0 Å². The summed E-state index contributed by atoms with van der Waals surface area (Å²) in [5.41, 5.74) is 2.67. The normalized spacial score (nSPS) is 15.1. The van der Waals surface area contributed by atoms with Crippen molar-refractivity contribution in [2.24, 2.45) is 5.92 Å². The summed E-state index contributed by atoms with van der Waals surface area (Å²) >= 11 is 0. The highest BCUT2D eigenvalue weighted by Gasteiger charge is 2.25. The second-order valence-corrected chi connectivity index (χ2v) is 7.30. The highest BCUT2D eigenvalue weighted by atomic mass is 16.6. The lowest BCUT2D eigenvalue weighted by Crippen LogP contribution is -2.39. The van der Waals surface area contributed by atoms with Crippen LogP contribution >= 0.6 is 0 Å². The number of nitrogens with zero attached hydrogens (tertiary/aromatic N) is 4. The van der Waals surface area contributed by atoms with Gasteiger partial charge in [-0.05, 0) is 49.9 Å². The molecule has 0 bridgehead atoms. The lowest BCUT2D eigenvalue weighted by Gasteiger charge is -2.32. The van der Waals surface area contributed by atoms with Gasteiger partial charge in [0.05, 0.1) is 16.0 Å². The maximum Gasteiger partial charge on any atom is 0.269 e. The van der Waals surface area contributed by atoms with E-state index >= 15 is 0 Å². The van der Waals surface area contributed by atoms with Crippen LogP contribution in [-0.2, 0) is 6.54 Å². The quantitative estimate of drug-likeness (QED) is 0.511. The number of hydrogen-bond donors (Lipinski definition) is 0. The first-order valence-corrected chi connectivity index (χ1v) is 9.48. The molecule has 144 valence electrons. The van der Waals surface area contributed by atoms with Crippen molar-refractivity contribution < 1.29 is 9.72 Å². The summed E-state index contributed by atoms with van der Waals surface area (Å²) in [6.45, 7) is 4.34. The SMILES string of the molecule is Cc1nc2ccccc2n1CC1CCN(C(=O)c2ccc([N+](=O)[O-])cc2)CC1. The summed E-state index contributed by atoms with van der Waals surface area (Å²) in [6.07, 6.45) is 1.87. The summed E-state index contributed by atoms with van der Waals surface area (Å²) in [5.74, 6) is 1.46. The van der Waals surface area contributed by atoms with Crippen LogP contribution in [0, 0.1) is 23.0 Å². The standard InChI is InChI=1S/C21H22N4O3/c1-15-22-19-4-2-3-5-20(19)24(15)14-16-10-12-23(13-11-16)21(26)17-6-8-18(9-7-17)25(27)28/h2-9,16H,10-14H2,1H3. The number of piperidine rings is 1. The molecule has 0 unspecified atom stereocenters. The van der Waals surface area contributed by atoms with Crippen LogP contribution in [0.25, 0.3) is 11.0 Å². The third-order valence-corrected chi connectivity index (χ3v) is 5.51. The molecule has 0 aliphatic carbocycles. The number of amides is 1. The number of fused-ring (bicyclic) bond motifs is 1. The first-order valence-electron chi connectivity index (χ1n) is 9.48. The molecule has 0 N–H and O–H groups in total. The van der Waals surface area contributed by atoms with Crippen molar-refractivity contribution >= 4 is 22.6 Å². The molecule has 0 atom stereocenters. The van der Waals surface area contributed by atoms with Crippen molar-refractivity contribution in [3.8, 4) is 0 Å². The average Bonchev–Trinajstić information content (AvgIpc) is 3.03. The molecule has 2 aromatic carbocycles. The third kappa shape index (κ3) is 3.47. The predicted octanol–water partition coefficient (Wildman–Crippen LogP) is 3.81. The number of hydrogen-bond acceptors (Lipinski definition) is 4. The Balaban J connectivity index is 1.39. The molecule has 0 radical (unpaired) electrons. The average molecular weight is 378 g/mol. The molecule has 1 aromatic heterocycles. The van der Waals surface area contributed by atoms with Gasteiger partial charge in [0.15, 0.2) is 0 Å². The van der Waals surface area contributed by atoms with E-state index in [0.29, 0.717) is 24.6 Å². The minimum Gasteiger partial charge on any atom is -0.339 e. The van der Waals surface area contributed by atoms with Gasteiger partial charge in [-0.3, -0.25) is 14.9 Å². The highest BCUT2D eigenvalue weighted by Crippen LogP contribution is 2.24. The van der Waals surface area contributed by atoms with E-state index in [1.165, 1.54) is 24.3 Å². The van der Waals surface area contributed by atoms with Gasteiger partial charge in [-0.15, -0.1) is 0 Å². The van der Waals surface area contributed by atoms with E-state index in [1.807, 2.05) is 30.0 Å². The molecule has 0 spiro atoms. The molecule has 2 heterocycles. The number of rotatable bonds is 4. The number of imidazole rings is 1. The van der Waals surface area contributed by atoms with Crippen molar-refractivity contribution in [2.45, 2.75) is 26.3 Å². The summed E-state index contributed by atoms with van der Waals surface area (Å²) in [5, 5.41) is 10.8. The number of aryl methyl sites for hydroxylation is 1. The molecule has 7 nitrogen and oxygen atoms in total. The number of para-hydroxylation sites is 2. The van der Waals surface area contributed by atoms with E-state index in [1.54, 1.807) is 0 Å². The maximum absolute atomic E-state index is 12.7. The lowest BCUT2D eigenvalue weighted by molar-refractivity contribution is -0.384. The van der Waals surface area contributed by atoms with E-state index in [9.17, 15) is 14.9 Å². The fourth-order valence-electron chi connectivity index (χ4n) is 3.91. The van der Waals surface area contributed by atoms with Crippen molar-refractivity contribution in [1.29, 1.82) is 0 Å². The zero-order chi connectivity index (χ0) is 19.7. The van der Waals surface area contributed by atoms with E-state index in [0.717, 1.165) is 36.2 Å². The number of non-ortho nitro benzene ring substituents is 1. The Morgan fingerprint density at radius 2 is 1.82 bits per heavy atom. The molecule has 7 heteroatoms. The second-order valence-electron chi connectivity index (χ2n) is 7.30. The first kappa shape index (κ1) is 18.2. The van der Waals surface area contributed by atoms with Crippen LogP contribution < -0.4 is 0 Å². The molecule has 1 aliphatic heterocycles. The van der Waals surface area contributed by atoms with Gasteiger partial charge in [0.2, 0.25) is 0 Å². The Bertz CT molecular complexity index is 1020. The van der Waals surface area contributed by atoms with Crippen LogP contribution in [-0.4, -0.2) is 38.4 Å². The second kappa shape index (κ2) is 7.42. The van der Waals surface area contributed by atoms with Crippen LogP contribution in [0.1, 0.15) is 29.0 Å². The molecule has 4 rings (SSSR count). The van der Waals surface area contributed by atoms with Gasteiger partial charge < -0.3 is 9.47 Å². The van der Waals surface area contributed by atoms with Crippen molar-refractivity contribution in [3.05, 3.63) is 70.0 Å². The van der Waals surface area contributed by atoms with Gasteiger partial charge in [-0.25, -0.2) is 4.98 Å². The van der Waals surface area contributed by atoms with Gasteiger partial charge in [0, 0.05) is 37.3 Å². The van der Waals surface area contributed by atoms with Gasteiger partial charge in [0.25, 0.3) is 11.6 Å². The lowest BCUT2D eigenvalue weighted by atomic mass is 9.96. The zero-order valence-corrected chi connectivity index (χ0v) is 15.7. The highest BCUT2D eigenvalue weighted by molar-refractivity contribution is 5.94. The number of aromatic nitrogens is 2. The fourth-order valence-corrected chi connectivity index (χ4v) is 3.91.